The predicted octanol–water partition coefficient (Wildman–Crippen LogP) is 0.678. The number of nitrogens with zero attached hydrogens (tertiary/aromatic N) is 5. The van der Waals surface area contributed by atoms with Gasteiger partial charge in [-0.2, -0.15) is 0 Å². The van der Waals surface area contributed by atoms with E-state index in [2.05, 4.69) is 9.80 Å². The Balaban J connectivity index is 0.000000422. The van der Waals surface area contributed by atoms with Gasteiger partial charge in [-0.25, -0.2) is 0 Å². The van der Waals surface area contributed by atoms with Gasteiger partial charge in [0.1, 0.15) is 24.7 Å². The van der Waals surface area contributed by atoms with E-state index in [1.807, 2.05) is 28.0 Å². The van der Waals surface area contributed by atoms with Gasteiger partial charge in [-0.1, -0.05) is 0 Å². The number of aliphatic hydroxyl groups excluding tert-OH is 4. The SMILES string of the molecule is Cl.Cl.Nc1ccc2c(c1)OCCN2CCN(CCO)CCO.O=[N+]([O-])c1ccc2c(c1)OCCN2CCN(CCO)CCO. The Bertz CT molecular complexity index is 1110. The molecule has 250 valence electrons. The molecule has 2 aliphatic heterocycles. The number of nitro groups is 1. The van der Waals surface area contributed by atoms with Crippen LogP contribution in [-0.4, -0.2) is 140 Å². The van der Waals surface area contributed by atoms with Gasteiger partial charge in [-0.05, 0) is 18.2 Å². The molecule has 16 heteroatoms. The molecule has 4 rings (SSSR count). The molecule has 0 aromatic heterocycles. The fourth-order valence-electron chi connectivity index (χ4n) is 4.90. The molecule has 0 saturated heterocycles. The first-order valence-corrected chi connectivity index (χ1v) is 14.2. The van der Waals surface area contributed by atoms with Gasteiger partial charge in [0.15, 0.2) is 0 Å². The lowest BCUT2D eigenvalue weighted by molar-refractivity contribution is -0.384. The molecular weight excluding hydrogens is 619 g/mol. The molecule has 0 radical (unpaired) electrons. The predicted molar refractivity (Wildman–Crippen MR) is 175 cm³/mol. The van der Waals surface area contributed by atoms with Crippen molar-refractivity contribution in [2.45, 2.75) is 0 Å². The van der Waals surface area contributed by atoms with Crippen LogP contribution in [0.2, 0.25) is 0 Å². The maximum Gasteiger partial charge on any atom is 0.273 e. The molecule has 0 unspecified atom stereocenters. The van der Waals surface area contributed by atoms with Crippen LogP contribution in [0.5, 0.6) is 11.5 Å². The minimum Gasteiger partial charge on any atom is -0.489 e. The molecule has 14 nitrogen and oxygen atoms in total. The smallest absolute Gasteiger partial charge is 0.273 e. The van der Waals surface area contributed by atoms with Crippen molar-refractivity contribution in [3.05, 3.63) is 46.5 Å². The summed E-state index contributed by atoms with van der Waals surface area (Å²) in [4.78, 5) is 18.7. The van der Waals surface area contributed by atoms with Crippen LogP contribution in [0.15, 0.2) is 36.4 Å². The summed E-state index contributed by atoms with van der Waals surface area (Å²) in [7, 11) is 0. The first-order valence-electron chi connectivity index (χ1n) is 14.2. The van der Waals surface area contributed by atoms with Crippen molar-refractivity contribution in [2.24, 2.45) is 0 Å². The second-order valence-corrected chi connectivity index (χ2v) is 9.89. The second kappa shape index (κ2) is 21.0. The quantitative estimate of drug-likeness (QED) is 0.102. The van der Waals surface area contributed by atoms with E-state index in [1.165, 1.54) is 12.1 Å². The third-order valence-electron chi connectivity index (χ3n) is 7.09. The number of fused-ring (bicyclic) bond motifs is 2. The summed E-state index contributed by atoms with van der Waals surface area (Å²) in [5.41, 5.74) is 8.38. The highest BCUT2D eigenvalue weighted by atomic mass is 35.5. The van der Waals surface area contributed by atoms with E-state index in [0.29, 0.717) is 70.5 Å². The van der Waals surface area contributed by atoms with Crippen molar-refractivity contribution in [1.29, 1.82) is 0 Å². The monoisotopic (exact) mass is 664 g/mol. The number of non-ortho nitro benzene ring substituents is 1. The topological polar surface area (TPSA) is 182 Å². The average molecular weight is 666 g/mol. The molecule has 0 saturated carbocycles. The Hall–Kier alpha value is -2.82. The van der Waals surface area contributed by atoms with Crippen molar-refractivity contribution in [3.8, 4) is 11.5 Å². The molecule has 6 N–H and O–H groups in total. The zero-order valence-corrected chi connectivity index (χ0v) is 26.5. The van der Waals surface area contributed by atoms with Gasteiger partial charge in [0, 0.05) is 70.2 Å². The second-order valence-electron chi connectivity index (χ2n) is 9.89. The highest BCUT2D eigenvalue weighted by Crippen LogP contribution is 2.35. The lowest BCUT2D eigenvalue weighted by atomic mass is 10.2. The first kappa shape index (κ1) is 39.2. The third-order valence-corrected chi connectivity index (χ3v) is 7.09. The molecule has 0 bridgehead atoms. The van der Waals surface area contributed by atoms with Gasteiger partial charge in [0.25, 0.3) is 5.69 Å². The van der Waals surface area contributed by atoms with Gasteiger partial charge in [0.05, 0.1) is 61.9 Å². The number of hydrogen-bond acceptors (Lipinski definition) is 13. The average Bonchev–Trinajstić information content (AvgIpc) is 2.99. The van der Waals surface area contributed by atoms with E-state index in [-0.39, 0.29) is 56.9 Å². The lowest BCUT2D eigenvalue weighted by Gasteiger charge is -2.33. The van der Waals surface area contributed by atoms with Crippen molar-refractivity contribution < 1.29 is 34.8 Å². The third kappa shape index (κ3) is 11.9. The van der Waals surface area contributed by atoms with Crippen LogP contribution in [0.4, 0.5) is 22.7 Å². The van der Waals surface area contributed by atoms with E-state index in [9.17, 15) is 10.1 Å². The van der Waals surface area contributed by atoms with Crippen molar-refractivity contribution in [2.75, 3.05) is 121 Å². The van der Waals surface area contributed by atoms with Crippen LogP contribution < -0.4 is 25.0 Å². The lowest BCUT2D eigenvalue weighted by Crippen LogP contribution is -2.41. The molecule has 2 aromatic carbocycles. The Labute approximate surface area is 270 Å². The van der Waals surface area contributed by atoms with Gasteiger partial charge in [-0.15, -0.1) is 24.8 Å². The maximum absolute atomic E-state index is 10.8. The maximum atomic E-state index is 10.8. The number of halogens is 2. The number of ether oxygens (including phenoxy) is 2. The minimum absolute atomic E-state index is 0. The minimum atomic E-state index is -0.438. The first-order chi connectivity index (χ1) is 20.4. The van der Waals surface area contributed by atoms with E-state index < -0.39 is 4.92 Å². The summed E-state index contributed by atoms with van der Waals surface area (Å²) >= 11 is 0. The molecule has 0 aliphatic carbocycles. The number of rotatable bonds is 15. The van der Waals surface area contributed by atoms with E-state index in [0.717, 1.165) is 36.8 Å². The van der Waals surface area contributed by atoms with Crippen molar-refractivity contribution in [3.63, 3.8) is 0 Å². The van der Waals surface area contributed by atoms with Crippen LogP contribution in [0, 0.1) is 10.1 Å². The fourth-order valence-corrected chi connectivity index (χ4v) is 4.90. The summed E-state index contributed by atoms with van der Waals surface area (Å²) in [5.74, 6) is 1.35. The Morgan fingerprint density at radius 2 is 1.16 bits per heavy atom. The van der Waals surface area contributed by atoms with Crippen LogP contribution in [0.25, 0.3) is 0 Å². The van der Waals surface area contributed by atoms with Crippen LogP contribution in [0.1, 0.15) is 0 Å². The van der Waals surface area contributed by atoms with Gasteiger partial charge >= 0.3 is 0 Å². The van der Waals surface area contributed by atoms with Gasteiger partial charge in [-0.3, -0.25) is 19.9 Å². The molecule has 2 heterocycles. The van der Waals surface area contributed by atoms with Gasteiger partial charge in [0.2, 0.25) is 0 Å². The molecule has 2 aliphatic rings. The number of hydrogen-bond donors (Lipinski definition) is 5. The van der Waals surface area contributed by atoms with Crippen molar-refractivity contribution in [1.82, 2.24) is 9.80 Å². The standard InChI is InChI=1S/C14H21N3O5.C14H23N3O3.2ClH/c18-8-5-15(6-9-19)3-4-16-7-10-22-14-11-12(17(20)21)1-2-13(14)16;15-12-1-2-13-14(11-12)20-10-7-17(13)4-3-16(5-8-18)6-9-19;;/h1-2,11,18-19H,3-10H2;1-2,11,18-19H,3-10,15H2;2*1H. The number of nitrogens with two attached hydrogens (primary N) is 1. The largest absolute Gasteiger partial charge is 0.489 e. The van der Waals surface area contributed by atoms with Crippen LogP contribution in [-0.2, 0) is 0 Å². The molecule has 0 fully saturated rings. The fraction of sp³-hybridized carbons (Fsp3) is 0.571. The molecule has 2 aromatic rings. The number of anilines is 3. The normalized spacial score (nSPS) is 13.4. The Morgan fingerprint density at radius 3 is 1.59 bits per heavy atom. The summed E-state index contributed by atoms with van der Waals surface area (Å²) in [6, 6.07) is 10.3. The Morgan fingerprint density at radius 1 is 0.727 bits per heavy atom. The zero-order chi connectivity index (χ0) is 30.3. The van der Waals surface area contributed by atoms with Crippen LogP contribution >= 0.6 is 24.8 Å². The summed E-state index contributed by atoms with van der Waals surface area (Å²) in [6.07, 6.45) is 0. The van der Waals surface area contributed by atoms with E-state index in [1.54, 1.807) is 6.07 Å². The van der Waals surface area contributed by atoms with E-state index >= 15 is 0 Å². The molecule has 44 heavy (non-hydrogen) atoms. The highest BCUT2D eigenvalue weighted by molar-refractivity contribution is 5.85. The molecular formula is C28H46Cl2N6O8. The number of benzene rings is 2. The highest BCUT2D eigenvalue weighted by Gasteiger charge is 2.22. The van der Waals surface area contributed by atoms with Gasteiger partial charge < -0.3 is 45.4 Å². The summed E-state index contributed by atoms with van der Waals surface area (Å²) in [6.45, 7) is 8.20. The summed E-state index contributed by atoms with van der Waals surface area (Å²) in [5, 5.41) is 46.9. The number of nitrogen functional groups attached to an aromatic ring is 1. The number of aliphatic hydroxyl groups is 4. The molecule has 0 spiro atoms. The Kier molecular flexibility index (Phi) is 18.7. The summed E-state index contributed by atoms with van der Waals surface area (Å²) < 4.78 is 11.1. The number of nitro benzene ring substituents is 1. The molecule has 0 atom stereocenters. The van der Waals surface area contributed by atoms with Crippen LogP contribution in [0.3, 0.4) is 0 Å². The van der Waals surface area contributed by atoms with Crippen molar-refractivity contribution >= 4 is 47.6 Å². The molecule has 0 amide bonds. The van der Waals surface area contributed by atoms with E-state index in [4.69, 9.17) is 35.6 Å². The zero-order valence-electron chi connectivity index (χ0n) is 24.8.